The third-order valence-electron chi connectivity index (χ3n) is 2.93. The summed E-state index contributed by atoms with van der Waals surface area (Å²) < 4.78 is 0. The van der Waals surface area contributed by atoms with Crippen LogP contribution in [-0.4, -0.2) is 28.3 Å². The summed E-state index contributed by atoms with van der Waals surface area (Å²) in [5.74, 6) is -0.883. The lowest BCUT2D eigenvalue weighted by molar-refractivity contribution is -0.384. The number of H-pyrrole nitrogens is 1. The van der Waals surface area contributed by atoms with Gasteiger partial charge in [0.05, 0.1) is 4.92 Å². The van der Waals surface area contributed by atoms with E-state index in [1.165, 1.54) is 6.07 Å². The van der Waals surface area contributed by atoms with Gasteiger partial charge in [-0.15, -0.1) is 0 Å². The van der Waals surface area contributed by atoms with Gasteiger partial charge in [0, 0.05) is 25.2 Å². The topological polar surface area (TPSA) is 129 Å². The molecule has 1 heterocycles. The Kier molecular flexibility index (Phi) is 5.29. The van der Waals surface area contributed by atoms with Gasteiger partial charge in [-0.3, -0.25) is 30.6 Å². The molecule has 0 saturated heterocycles. The first-order chi connectivity index (χ1) is 11.1. The molecule has 1 aromatic heterocycles. The fourth-order valence-electron chi connectivity index (χ4n) is 1.82. The summed E-state index contributed by atoms with van der Waals surface area (Å²) in [4.78, 5) is 36.2. The van der Waals surface area contributed by atoms with Crippen molar-refractivity contribution in [2.24, 2.45) is 0 Å². The minimum Gasteiger partial charge on any atom is -0.379 e. The van der Waals surface area contributed by atoms with E-state index in [0.29, 0.717) is 11.4 Å². The normalized spacial score (nSPS) is 9.91. The maximum absolute atomic E-state index is 11.6. The predicted molar refractivity (Wildman–Crippen MR) is 82.6 cm³/mol. The molecule has 0 aliphatic heterocycles. The number of para-hydroxylation sites is 2. The number of nitro groups is 1. The van der Waals surface area contributed by atoms with Gasteiger partial charge in [0.1, 0.15) is 11.4 Å². The van der Waals surface area contributed by atoms with Crippen molar-refractivity contribution in [2.75, 3.05) is 11.9 Å². The molecule has 0 fully saturated rings. The van der Waals surface area contributed by atoms with Gasteiger partial charge in [0.15, 0.2) is 0 Å². The number of nitro benzene ring substituents is 1. The van der Waals surface area contributed by atoms with Crippen LogP contribution in [0.25, 0.3) is 0 Å². The van der Waals surface area contributed by atoms with Crippen molar-refractivity contribution in [3.8, 4) is 0 Å². The number of nitrogens with one attached hydrogen (secondary N) is 4. The minimum absolute atomic E-state index is 0.0387. The van der Waals surface area contributed by atoms with Crippen LogP contribution >= 0.6 is 0 Å². The molecule has 0 aliphatic rings. The maximum atomic E-state index is 11.6. The molecule has 0 bridgehead atoms. The van der Waals surface area contributed by atoms with Crippen molar-refractivity contribution >= 4 is 23.2 Å². The highest BCUT2D eigenvalue weighted by Crippen LogP contribution is 2.22. The second-order valence-corrected chi connectivity index (χ2v) is 4.54. The fourth-order valence-corrected chi connectivity index (χ4v) is 1.82. The van der Waals surface area contributed by atoms with Crippen LogP contribution in [0.3, 0.4) is 0 Å². The number of hydrogen-bond donors (Lipinski definition) is 4. The highest BCUT2D eigenvalue weighted by atomic mass is 16.6. The number of rotatable bonds is 6. The average Bonchev–Trinajstić information content (AvgIpc) is 3.07. The molecule has 9 nitrogen and oxygen atoms in total. The van der Waals surface area contributed by atoms with Crippen LogP contribution in [0, 0.1) is 10.1 Å². The van der Waals surface area contributed by atoms with Crippen molar-refractivity contribution in [3.05, 3.63) is 58.4 Å². The predicted octanol–water partition coefficient (Wildman–Crippen LogP) is 1.19. The molecule has 0 radical (unpaired) electrons. The lowest BCUT2D eigenvalue weighted by atomic mass is 10.2. The van der Waals surface area contributed by atoms with Crippen molar-refractivity contribution in [2.45, 2.75) is 6.42 Å². The van der Waals surface area contributed by atoms with Crippen LogP contribution < -0.4 is 16.2 Å². The van der Waals surface area contributed by atoms with Gasteiger partial charge in [-0.2, -0.15) is 0 Å². The zero-order chi connectivity index (χ0) is 16.7. The van der Waals surface area contributed by atoms with E-state index in [1.54, 1.807) is 36.5 Å². The minimum atomic E-state index is -0.501. The Labute approximate surface area is 131 Å². The number of carbonyl (C=O) groups is 2. The zero-order valence-corrected chi connectivity index (χ0v) is 12.0. The van der Waals surface area contributed by atoms with Gasteiger partial charge >= 0.3 is 0 Å². The van der Waals surface area contributed by atoms with Gasteiger partial charge in [-0.25, -0.2) is 0 Å². The number of benzene rings is 1. The van der Waals surface area contributed by atoms with Crippen molar-refractivity contribution in [1.82, 2.24) is 15.8 Å². The summed E-state index contributed by atoms with van der Waals surface area (Å²) in [5, 5.41) is 13.7. The van der Waals surface area contributed by atoms with Crippen molar-refractivity contribution < 1.29 is 14.5 Å². The van der Waals surface area contributed by atoms with Crippen LogP contribution in [0.1, 0.15) is 16.9 Å². The Bertz CT molecular complexity index is 699. The Morgan fingerprint density at radius 3 is 2.61 bits per heavy atom. The van der Waals surface area contributed by atoms with Gasteiger partial charge < -0.3 is 10.3 Å². The van der Waals surface area contributed by atoms with Crippen molar-refractivity contribution in [3.63, 3.8) is 0 Å². The van der Waals surface area contributed by atoms with E-state index >= 15 is 0 Å². The quantitative estimate of drug-likeness (QED) is 0.470. The van der Waals surface area contributed by atoms with Gasteiger partial charge in [-0.05, 0) is 18.2 Å². The standard InChI is InChI=1S/C14H15N5O4/c20-13(17-18-14(21)11-5-3-8-15-11)7-9-16-10-4-1-2-6-12(10)19(22)23/h1-6,8,15-16H,7,9H2,(H,17,20)(H,18,21). The first-order valence-electron chi connectivity index (χ1n) is 6.78. The number of aromatic amines is 1. The molecule has 0 atom stereocenters. The number of carbonyl (C=O) groups excluding carboxylic acids is 2. The van der Waals surface area contributed by atoms with Crippen LogP contribution in [0.2, 0.25) is 0 Å². The molecule has 0 saturated carbocycles. The van der Waals surface area contributed by atoms with Crippen molar-refractivity contribution in [1.29, 1.82) is 0 Å². The molecule has 0 aliphatic carbocycles. The Morgan fingerprint density at radius 2 is 1.91 bits per heavy atom. The van der Waals surface area contributed by atoms with Crippen LogP contribution in [0.15, 0.2) is 42.6 Å². The highest BCUT2D eigenvalue weighted by Gasteiger charge is 2.12. The first-order valence-corrected chi connectivity index (χ1v) is 6.78. The lowest BCUT2D eigenvalue weighted by Crippen LogP contribution is -2.42. The molecule has 0 unspecified atom stereocenters. The molecule has 120 valence electrons. The number of nitrogens with zero attached hydrogens (tertiary/aromatic N) is 1. The molecular weight excluding hydrogens is 302 g/mol. The lowest BCUT2D eigenvalue weighted by Gasteiger charge is -2.08. The monoisotopic (exact) mass is 317 g/mol. The second-order valence-electron chi connectivity index (χ2n) is 4.54. The number of hydrazine groups is 1. The Morgan fingerprint density at radius 1 is 1.13 bits per heavy atom. The summed E-state index contributed by atoms with van der Waals surface area (Å²) in [6, 6.07) is 9.38. The fraction of sp³-hybridized carbons (Fsp3) is 0.143. The second kappa shape index (κ2) is 7.59. The summed E-state index contributed by atoms with van der Waals surface area (Å²) in [5.41, 5.74) is 5.11. The van der Waals surface area contributed by atoms with E-state index in [0.717, 1.165) is 0 Å². The molecule has 1 aromatic carbocycles. The summed E-state index contributed by atoms with van der Waals surface area (Å²) >= 11 is 0. The highest BCUT2D eigenvalue weighted by molar-refractivity contribution is 5.93. The van der Waals surface area contributed by atoms with Gasteiger partial charge in [0.25, 0.3) is 11.6 Å². The number of amides is 2. The summed E-state index contributed by atoms with van der Waals surface area (Å²) in [6.45, 7) is 0.190. The Balaban J connectivity index is 1.75. The number of hydrogen-bond acceptors (Lipinski definition) is 5. The zero-order valence-electron chi connectivity index (χ0n) is 12.0. The van der Waals surface area contributed by atoms with E-state index in [9.17, 15) is 19.7 Å². The van der Waals surface area contributed by atoms with Crippen LogP contribution in [0.5, 0.6) is 0 Å². The van der Waals surface area contributed by atoms with E-state index in [4.69, 9.17) is 0 Å². The van der Waals surface area contributed by atoms with Gasteiger partial charge in [0.2, 0.25) is 5.91 Å². The molecule has 2 amide bonds. The molecule has 2 aromatic rings. The average molecular weight is 317 g/mol. The molecule has 2 rings (SSSR count). The van der Waals surface area contributed by atoms with Crippen LogP contribution in [-0.2, 0) is 4.79 Å². The molecule has 23 heavy (non-hydrogen) atoms. The van der Waals surface area contributed by atoms with E-state index in [-0.39, 0.29) is 18.7 Å². The number of aromatic nitrogens is 1. The number of anilines is 1. The molecule has 0 spiro atoms. The Hall–Kier alpha value is -3.36. The summed E-state index contributed by atoms with van der Waals surface area (Å²) in [7, 11) is 0. The van der Waals surface area contributed by atoms with Crippen LogP contribution in [0.4, 0.5) is 11.4 Å². The smallest absolute Gasteiger partial charge is 0.292 e. The summed E-state index contributed by atoms with van der Waals surface area (Å²) in [6.07, 6.45) is 1.63. The molecule has 4 N–H and O–H groups in total. The third kappa shape index (κ3) is 4.56. The molecular formula is C14H15N5O4. The largest absolute Gasteiger partial charge is 0.379 e. The van der Waals surface area contributed by atoms with E-state index < -0.39 is 16.7 Å². The SMILES string of the molecule is O=C(CCNc1ccccc1[N+](=O)[O-])NNC(=O)c1ccc[nH]1. The van der Waals surface area contributed by atoms with E-state index in [1.807, 2.05) is 0 Å². The van der Waals surface area contributed by atoms with Gasteiger partial charge in [-0.1, -0.05) is 12.1 Å². The first kappa shape index (κ1) is 16.0. The van der Waals surface area contributed by atoms with E-state index in [2.05, 4.69) is 21.2 Å². The maximum Gasteiger partial charge on any atom is 0.292 e. The third-order valence-corrected chi connectivity index (χ3v) is 2.93. The molecule has 9 heteroatoms.